The number of methoxy groups -OCH3 is 1. The van der Waals surface area contributed by atoms with Crippen LogP contribution in [-0.4, -0.2) is 24.8 Å². The Balaban J connectivity index is 3.12. The Hall–Kier alpha value is -2.10. The van der Waals surface area contributed by atoms with Crippen molar-refractivity contribution in [3.63, 3.8) is 0 Å². The minimum Gasteiger partial charge on any atom is -0.504 e. The Labute approximate surface area is 93.2 Å². The zero-order chi connectivity index (χ0) is 12.0. The number of carbonyl (C=O) groups is 2. The quantitative estimate of drug-likeness (QED) is 0.769. The van der Waals surface area contributed by atoms with Gasteiger partial charge < -0.3 is 14.6 Å². The molecule has 1 aromatic rings. The first-order chi connectivity index (χ1) is 7.72. The van der Waals surface area contributed by atoms with Crippen LogP contribution in [0.2, 0.25) is 0 Å². The summed E-state index contributed by atoms with van der Waals surface area (Å²) in [5.74, 6) is 0.202. The van der Waals surface area contributed by atoms with Crippen molar-refractivity contribution in [3.8, 4) is 11.5 Å². The molecule has 0 radical (unpaired) electrons. The summed E-state index contributed by atoms with van der Waals surface area (Å²) in [6, 6.07) is 2.87. The minimum atomic E-state index is -0.0427. The van der Waals surface area contributed by atoms with Crippen molar-refractivity contribution in [2.45, 2.75) is 6.42 Å². The van der Waals surface area contributed by atoms with E-state index < -0.39 is 0 Å². The number of hydrogen-bond donors (Lipinski definition) is 1. The van der Waals surface area contributed by atoms with Gasteiger partial charge in [-0.1, -0.05) is 12.2 Å². The second kappa shape index (κ2) is 5.70. The van der Waals surface area contributed by atoms with E-state index in [9.17, 15) is 14.7 Å². The lowest BCUT2D eigenvalue weighted by molar-refractivity contribution is -0.107. The molecule has 0 aliphatic carbocycles. The van der Waals surface area contributed by atoms with Gasteiger partial charge in [0.2, 0.25) is 0 Å². The third-order valence-corrected chi connectivity index (χ3v) is 2.04. The maximum Gasteiger partial charge on any atom is 0.161 e. The molecule has 0 spiro atoms. The van der Waals surface area contributed by atoms with Crippen molar-refractivity contribution in [3.05, 3.63) is 29.3 Å². The van der Waals surface area contributed by atoms with Crippen molar-refractivity contribution in [1.29, 1.82) is 0 Å². The normalized spacial score (nSPS) is 10.3. The first-order valence-corrected chi connectivity index (χ1v) is 4.69. The molecule has 16 heavy (non-hydrogen) atoms. The number of allylic oxidation sites excluding steroid dienone is 1. The van der Waals surface area contributed by atoms with Crippen LogP contribution in [0.5, 0.6) is 11.5 Å². The van der Waals surface area contributed by atoms with Crippen LogP contribution in [0.15, 0.2) is 18.2 Å². The van der Waals surface area contributed by atoms with Crippen LogP contribution >= 0.6 is 0 Å². The van der Waals surface area contributed by atoms with Crippen LogP contribution in [-0.2, 0) is 4.79 Å². The van der Waals surface area contributed by atoms with E-state index in [0.29, 0.717) is 17.4 Å². The summed E-state index contributed by atoms with van der Waals surface area (Å²) in [6.45, 7) is 0. The maximum atomic E-state index is 10.8. The van der Waals surface area contributed by atoms with Gasteiger partial charge in [-0.3, -0.25) is 4.79 Å². The number of aromatic hydroxyl groups is 1. The molecule has 1 N–H and O–H groups in total. The van der Waals surface area contributed by atoms with Crippen LogP contribution in [0.25, 0.3) is 6.08 Å². The fourth-order valence-electron chi connectivity index (χ4n) is 1.26. The van der Waals surface area contributed by atoms with E-state index in [-0.39, 0.29) is 17.9 Å². The number of hydrogen-bond acceptors (Lipinski definition) is 4. The number of benzene rings is 1. The average Bonchev–Trinajstić information content (AvgIpc) is 2.30. The Bertz CT molecular complexity index is 421. The van der Waals surface area contributed by atoms with Gasteiger partial charge >= 0.3 is 0 Å². The van der Waals surface area contributed by atoms with E-state index in [0.717, 1.165) is 6.29 Å². The molecule has 0 aliphatic rings. The highest BCUT2D eigenvalue weighted by atomic mass is 16.5. The summed E-state index contributed by atoms with van der Waals surface area (Å²) >= 11 is 0. The fraction of sp³-hybridized carbons (Fsp3) is 0.167. The van der Waals surface area contributed by atoms with Crippen molar-refractivity contribution in [2.24, 2.45) is 0 Å². The summed E-state index contributed by atoms with van der Waals surface area (Å²) in [5, 5.41) is 9.52. The van der Waals surface area contributed by atoms with Crippen LogP contribution in [0, 0.1) is 0 Å². The molecule has 0 aliphatic heterocycles. The molecule has 0 unspecified atom stereocenters. The number of ether oxygens (including phenoxy) is 1. The third-order valence-electron chi connectivity index (χ3n) is 2.04. The van der Waals surface area contributed by atoms with Gasteiger partial charge in [-0.2, -0.15) is 0 Å². The molecule has 0 bridgehead atoms. The Kier molecular flexibility index (Phi) is 4.27. The Morgan fingerprint density at radius 2 is 2.06 bits per heavy atom. The first-order valence-electron chi connectivity index (χ1n) is 4.69. The molecular weight excluding hydrogens is 208 g/mol. The van der Waals surface area contributed by atoms with Crippen LogP contribution < -0.4 is 4.74 Å². The summed E-state index contributed by atoms with van der Waals surface area (Å²) in [6.07, 6.45) is 4.91. The molecule has 1 rings (SSSR count). The lowest BCUT2D eigenvalue weighted by Crippen LogP contribution is -1.90. The second-order valence-corrected chi connectivity index (χ2v) is 3.08. The highest BCUT2D eigenvalue weighted by Gasteiger charge is 2.06. The number of phenols is 1. The van der Waals surface area contributed by atoms with Gasteiger partial charge in [0.1, 0.15) is 6.29 Å². The predicted octanol–water partition coefficient (Wildman–Crippen LogP) is 1.82. The van der Waals surface area contributed by atoms with Gasteiger partial charge in [0.25, 0.3) is 0 Å². The molecule has 84 valence electrons. The second-order valence-electron chi connectivity index (χ2n) is 3.08. The molecule has 0 saturated carbocycles. The smallest absolute Gasteiger partial charge is 0.161 e. The zero-order valence-corrected chi connectivity index (χ0v) is 8.84. The lowest BCUT2D eigenvalue weighted by Gasteiger charge is -2.06. The predicted molar refractivity (Wildman–Crippen MR) is 59.8 cm³/mol. The molecule has 0 fully saturated rings. The van der Waals surface area contributed by atoms with E-state index in [2.05, 4.69) is 0 Å². The number of phenolic OH excluding ortho intramolecular Hbond substituents is 1. The SMILES string of the molecule is COc1cc(C=O)c(C=CCC=O)cc1O. The highest BCUT2D eigenvalue weighted by Crippen LogP contribution is 2.29. The standard InChI is InChI=1S/C12H12O4/c1-16-12-7-10(8-14)9(6-11(12)15)4-2-3-5-13/h2,4-8,15H,3H2,1H3. The minimum absolute atomic E-state index is 0.0427. The van der Waals surface area contributed by atoms with Crippen molar-refractivity contribution < 1.29 is 19.4 Å². The largest absolute Gasteiger partial charge is 0.504 e. The first kappa shape index (κ1) is 12.0. The maximum absolute atomic E-state index is 10.8. The fourth-order valence-corrected chi connectivity index (χ4v) is 1.26. The van der Waals surface area contributed by atoms with Gasteiger partial charge in [-0.25, -0.2) is 0 Å². The number of aldehydes is 2. The summed E-state index contributed by atoms with van der Waals surface area (Å²) in [5.41, 5.74) is 0.951. The monoisotopic (exact) mass is 220 g/mol. The van der Waals surface area contributed by atoms with Gasteiger partial charge in [-0.15, -0.1) is 0 Å². The van der Waals surface area contributed by atoms with Crippen LogP contribution in [0.4, 0.5) is 0 Å². The molecule has 0 atom stereocenters. The molecular formula is C12H12O4. The Morgan fingerprint density at radius 3 is 2.62 bits per heavy atom. The Morgan fingerprint density at radius 1 is 1.31 bits per heavy atom. The van der Waals surface area contributed by atoms with Gasteiger partial charge in [0.15, 0.2) is 17.8 Å². The van der Waals surface area contributed by atoms with Gasteiger partial charge in [-0.05, 0) is 17.7 Å². The highest BCUT2D eigenvalue weighted by molar-refractivity contribution is 5.83. The third kappa shape index (κ3) is 2.70. The van der Waals surface area contributed by atoms with Gasteiger partial charge in [0.05, 0.1) is 7.11 Å². The lowest BCUT2D eigenvalue weighted by atomic mass is 10.1. The number of carbonyl (C=O) groups excluding carboxylic acids is 2. The van der Waals surface area contributed by atoms with Crippen molar-refractivity contribution >= 4 is 18.6 Å². The van der Waals surface area contributed by atoms with E-state index in [4.69, 9.17) is 4.74 Å². The van der Waals surface area contributed by atoms with Crippen molar-refractivity contribution in [1.82, 2.24) is 0 Å². The van der Waals surface area contributed by atoms with Crippen LogP contribution in [0.3, 0.4) is 0 Å². The van der Waals surface area contributed by atoms with E-state index in [1.54, 1.807) is 12.2 Å². The average molecular weight is 220 g/mol. The van der Waals surface area contributed by atoms with E-state index in [1.807, 2.05) is 0 Å². The number of rotatable bonds is 5. The molecule has 4 heteroatoms. The molecule has 1 aromatic carbocycles. The molecule has 0 saturated heterocycles. The van der Waals surface area contributed by atoms with Gasteiger partial charge in [0, 0.05) is 12.0 Å². The van der Waals surface area contributed by atoms with E-state index in [1.165, 1.54) is 19.2 Å². The molecule has 0 heterocycles. The summed E-state index contributed by atoms with van der Waals surface area (Å²) < 4.78 is 4.88. The summed E-state index contributed by atoms with van der Waals surface area (Å²) in [7, 11) is 1.41. The molecule has 0 aromatic heterocycles. The van der Waals surface area contributed by atoms with E-state index >= 15 is 0 Å². The topological polar surface area (TPSA) is 63.6 Å². The molecule has 4 nitrogen and oxygen atoms in total. The zero-order valence-electron chi connectivity index (χ0n) is 8.84. The van der Waals surface area contributed by atoms with Crippen LogP contribution in [0.1, 0.15) is 22.3 Å². The molecule has 0 amide bonds. The van der Waals surface area contributed by atoms with Crippen molar-refractivity contribution in [2.75, 3.05) is 7.11 Å². The summed E-state index contributed by atoms with van der Waals surface area (Å²) in [4.78, 5) is 20.9.